The Hall–Kier alpha value is -2.33. The number of nitrogens with zero attached hydrogens (tertiary/aromatic N) is 1. The summed E-state index contributed by atoms with van der Waals surface area (Å²) in [6, 6.07) is 16.5. The molecule has 23 heavy (non-hydrogen) atoms. The summed E-state index contributed by atoms with van der Waals surface area (Å²) in [6.07, 6.45) is 0. The van der Waals surface area contributed by atoms with Gasteiger partial charge in [0, 0.05) is 37.1 Å². The van der Waals surface area contributed by atoms with Crippen molar-refractivity contribution >= 4 is 23.4 Å². The highest BCUT2D eigenvalue weighted by Crippen LogP contribution is 2.10. The predicted molar refractivity (Wildman–Crippen MR) is 91.3 cm³/mol. The number of halogens is 1. The molecule has 0 aromatic heterocycles. The van der Waals surface area contributed by atoms with Gasteiger partial charge in [0.2, 0.25) is 5.91 Å². The smallest absolute Gasteiger partial charge is 0.251 e. The van der Waals surface area contributed by atoms with Crippen LogP contribution in [0.2, 0.25) is 5.02 Å². The van der Waals surface area contributed by atoms with Crippen molar-refractivity contribution in [2.24, 2.45) is 0 Å². The molecular formula is C18H19ClN2O2. The fraction of sp³-hybridized carbons (Fsp3) is 0.222. The van der Waals surface area contributed by atoms with E-state index in [1.165, 1.54) is 6.92 Å². The Morgan fingerprint density at radius 1 is 1.09 bits per heavy atom. The first-order chi connectivity index (χ1) is 11.1. The summed E-state index contributed by atoms with van der Waals surface area (Å²) in [5.41, 5.74) is 1.57. The van der Waals surface area contributed by atoms with Gasteiger partial charge >= 0.3 is 0 Å². The fourth-order valence-corrected chi connectivity index (χ4v) is 2.38. The zero-order valence-electron chi connectivity index (χ0n) is 13.0. The van der Waals surface area contributed by atoms with Gasteiger partial charge in [-0.15, -0.1) is 0 Å². The highest BCUT2D eigenvalue weighted by molar-refractivity contribution is 6.30. The Labute approximate surface area is 141 Å². The van der Waals surface area contributed by atoms with Crippen LogP contribution in [0.5, 0.6) is 0 Å². The minimum absolute atomic E-state index is 0.0224. The molecule has 5 heteroatoms. The Kier molecular flexibility index (Phi) is 6.18. The van der Waals surface area contributed by atoms with Crippen molar-refractivity contribution in [2.45, 2.75) is 13.5 Å². The molecule has 0 bridgehead atoms. The van der Waals surface area contributed by atoms with E-state index in [9.17, 15) is 9.59 Å². The molecule has 0 aliphatic carbocycles. The fourth-order valence-electron chi connectivity index (χ4n) is 2.19. The minimum Gasteiger partial charge on any atom is -0.350 e. The van der Waals surface area contributed by atoms with E-state index in [-0.39, 0.29) is 11.8 Å². The summed E-state index contributed by atoms with van der Waals surface area (Å²) in [5, 5.41) is 3.33. The maximum absolute atomic E-state index is 12.0. The molecule has 0 saturated carbocycles. The van der Waals surface area contributed by atoms with Crippen molar-refractivity contribution in [3.63, 3.8) is 0 Å². The summed E-state index contributed by atoms with van der Waals surface area (Å²) in [7, 11) is 0. The van der Waals surface area contributed by atoms with Crippen LogP contribution < -0.4 is 5.32 Å². The first-order valence-corrected chi connectivity index (χ1v) is 7.77. The summed E-state index contributed by atoms with van der Waals surface area (Å²) >= 11 is 5.87. The number of hydrogen-bond donors (Lipinski definition) is 1. The van der Waals surface area contributed by atoms with Gasteiger partial charge in [-0.1, -0.05) is 48.0 Å². The Morgan fingerprint density at radius 3 is 2.48 bits per heavy atom. The van der Waals surface area contributed by atoms with Crippen molar-refractivity contribution in [1.82, 2.24) is 10.2 Å². The molecule has 0 aliphatic heterocycles. The summed E-state index contributed by atoms with van der Waals surface area (Å²) in [6.45, 7) is 2.90. The van der Waals surface area contributed by atoms with Crippen LogP contribution >= 0.6 is 11.6 Å². The van der Waals surface area contributed by atoms with Crippen molar-refractivity contribution in [1.29, 1.82) is 0 Å². The van der Waals surface area contributed by atoms with E-state index in [2.05, 4.69) is 5.32 Å². The number of carbonyl (C=O) groups is 2. The van der Waals surface area contributed by atoms with Gasteiger partial charge in [-0.25, -0.2) is 0 Å². The molecule has 2 rings (SSSR count). The maximum atomic E-state index is 12.0. The molecule has 0 heterocycles. The topological polar surface area (TPSA) is 49.4 Å². The Morgan fingerprint density at radius 2 is 1.83 bits per heavy atom. The van der Waals surface area contributed by atoms with Gasteiger partial charge in [0.15, 0.2) is 0 Å². The van der Waals surface area contributed by atoms with Crippen LogP contribution in [0.3, 0.4) is 0 Å². The number of rotatable bonds is 6. The van der Waals surface area contributed by atoms with E-state index in [4.69, 9.17) is 11.6 Å². The first kappa shape index (κ1) is 17.0. The average Bonchev–Trinajstić information content (AvgIpc) is 2.54. The molecule has 0 radical (unpaired) electrons. The quantitative estimate of drug-likeness (QED) is 0.884. The monoisotopic (exact) mass is 330 g/mol. The second-order valence-corrected chi connectivity index (χ2v) is 5.63. The van der Waals surface area contributed by atoms with Gasteiger partial charge in [0.1, 0.15) is 0 Å². The van der Waals surface area contributed by atoms with Crippen LogP contribution in [0.25, 0.3) is 0 Å². The third kappa shape index (κ3) is 5.42. The number of amides is 2. The molecule has 0 atom stereocenters. The van der Waals surface area contributed by atoms with Gasteiger partial charge in [0.25, 0.3) is 5.91 Å². The molecule has 4 nitrogen and oxygen atoms in total. The van der Waals surface area contributed by atoms with E-state index >= 15 is 0 Å². The third-order valence-electron chi connectivity index (χ3n) is 3.42. The van der Waals surface area contributed by atoms with Crippen molar-refractivity contribution in [3.05, 3.63) is 70.7 Å². The molecule has 2 amide bonds. The molecule has 120 valence electrons. The normalized spacial score (nSPS) is 10.2. The van der Waals surface area contributed by atoms with Gasteiger partial charge in [-0.05, 0) is 23.8 Å². The van der Waals surface area contributed by atoms with Crippen LogP contribution in [-0.2, 0) is 11.3 Å². The van der Waals surface area contributed by atoms with Crippen molar-refractivity contribution < 1.29 is 9.59 Å². The van der Waals surface area contributed by atoms with Crippen LogP contribution in [0.1, 0.15) is 22.8 Å². The van der Waals surface area contributed by atoms with Crippen LogP contribution in [0.15, 0.2) is 54.6 Å². The van der Waals surface area contributed by atoms with Crippen LogP contribution in [0.4, 0.5) is 0 Å². The van der Waals surface area contributed by atoms with Gasteiger partial charge < -0.3 is 10.2 Å². The maximum Gasteiger partial charge on any atom is 0.251 e. The first-order valence-electron chi connectivity index (χ1n) is 7.39. The molecule has 0 saturated heterocycles. The summed E-state index contributed by atoms with van der Waals surface area (Å²) < 4.78 is 0. The van der Waals surface area contributed by atoms with Gasteiger partial charge in [-0.3, -0.25) is 9.59 Å². The molecular weight excluding hydrogens is 312 g/mol. The molecule has 0 aliphatic rings. The predicted octanol–water partition coefficient (Wildman–Crippen LogP) is 3.12. The van der Waals surface area contributed by atoms with Gasteiger partial charge in [0.05, 0.1) is 0 Å². The van der Waals surface area contributed by atoms with E-state index in [0.29, 0.717) is 30.2 Å². The zero-order chi connectivity index (χ0) is 16.7. The Bertz CT molecular complexity index is 674. The average molecular weight is 331 g/mol. The lowest BCUT2D eigenvalue weighted by Gasteiger charge is -2.21. The lowest BCUT2D eigenvalue weighted by molar-refractivity contribution is -0.129. The standard InChI is InChI=1S/C18H19ClN2O2/c1-14(22)21(13-15-6-3-2-4-7-15)11-10-20-18(23)16-8-5-9-17(19)12-16/h2-9,12H,10-11,13H2,1H3,(H,20,23). The van der Waals surface area contributed by atoms with Gasteiger partial charge in [-0.2, -0.15) is 0 Å². The van der Waals surface area contributed by atoms with E-state index in [1.807, 2.05) is 30.3 Å². The van der Waals surface area contributed by atoms with Crippen LogP contribution in [0, 0.1) is 0 Å². The molecule has 0 fully saturated rings. The van der Waals surface area contributed by atoms with Crippen molar-refractivity contribution in [3.8, 4) is 0 Å². The number of hydrogen-bond acceptors (Lipinski definition) is 2. The van der Waals surface area contributed by atoms with E-state index < -0.39 is 0 Å². The highest BCUT2D eigenvalue weighted by Gasteiger charge is 2.11. The zero-order valence-corrected chi connectivity index (χ0v) is 13.7. The second-order valence-electron chi connectivity index (χ2n) is 5.19. The summed E-state index contributed by atoms with van der Waals surface area (Å²) in [5.74, 6) is -0.221. The van der Waals surface area contributed by atoms with E-state index in [1.54, 1.807) is 29.2 Å². The van der Waals surface area contributed by atoms with Crippen LogP contribution in [-0.4, -0.2) is 29.8 Å². The lowest BCUT2D eigenvalue weighted by Crippen LogP contribution is -2.37. The second kappa shape index (κ2) is 8.34. The molecule has 0 spiro atoms. The SMILES string of the molecule is CC(=O)N(CCNC(=O)c1cccc(Cl)c1)Cc1ccccc1. The number of carbonyl (C=O) groups excluding carboxylic acids is 2. The number of benzene rings is 2. The highest BCUT2D eigenvalue weighted by atomic mass is 35.5. The lowest BCUT2D eigenvalue weighted by atomic mass is 10.2. The van der Waals surface area contributed by atoms with E-state index in [0.717, 1.165) is 5.56 Å². The molecule has 2 aromatic carbocycles. The largest absolute Gasteiger partial charge is 0.350 e. The molecule has 1 N–H and O–H groups in total. The molecule has 2 aromatic rings. The summed E-state index contributed by atoms with van der Waals surface area (Å²) in [4.78, 5) is 25.5. The van der Waals surface area contributed by atoms with Crippen molar-refractivity contribution in [2.75, 3.05) is 13.1 Å². The third-order valence-corrected chi connectivity index (χ3v) is 3.65. The number of nitrogens with one attached hydrogen (secondary N) is 1. The minimum atomic E-state index is -0.198. The molecule has 0 unspecified atom stereocenters. The Balaban J connectivity index is 1.87.